The lowest BCUT2D eigenvalue weighted by Crippen LogP contribution is -3.11. The molecule has 160 valence electrons. The number of amides is 3. The zero-order chi connectivity index (χ0) is 21.2. The van der Waals surface area contributed by atoms with Gasteiger partial charge in [-0.25, -0.2) is 0 Å². The van der Waals surface area contributed by atoms with E-state index < -0.39 is 11.8 Å². The molecule has 0 radical (unpaired) electrons. The van der Waals surface area contributed by atoms with Crippen LogP contribution in [0.1, 0.15) is 40.9 Å². The van der Waals surface area contributed by atoms with Crippen LogP contribution in [-0.2, 0) is 22.7 Å². The van der Waals surface area contributed by atoms with Crippen molar-refractivity contribution in [2.75, 3.05) is 26.2 Å². The van der Waals surface area contributed by atoms with Crippen LogP contribution >= 0.6 is 0 Å². The molecule has 0 unspecified atom stereocenters. The Labute approximate surface area is 176 Å². The van der Waals surface area contributed by atoms with Gasteiger partial charge in [0.2, 0.25) is 11.8 Å². The Hall–Kier alpha value is -3.13. The summed E-state index contributed by atoms with van der Waals surface area (Å²) >= 11 is 0. The highest BCUT2D eigenvalue weighted by Gasteiger charge is 2.14. The number of hydrogen-bond acceptors (Lipinski definition) is 4. The van der Waals surface area contributed by atoms with Gasteiger partial charge in [-0.3, -0.25) is 14.4 Å². The SMILES string of the molecule is O=C(CNC(=O)CNC(=O)c1ccco1)NCc1ccc(C[NH+]2CCCCC2)cc1. The van der Waals surface area contributed by atoms with Gasteiger partial charge in [0.05, 0.1) is 32.4 Å². The van der Waals surface area contributed by atoms with Gasteiger partial charge in [0.15, 0.2) is 5.76 Å². The van der Waals surface area contributed by atoms with E-state index in [-0.39, 0.29) is 24.8 Å². The number of hydrogen-bond donors (Lipinski definition) is 4. The summed E-state index contributed by atoms with van der Waals surface area (Å²) in [5.74, 6) is -1.09. The third-order valence-electron chi connectivity index (χ3n) is 5.13. The van der Waals surface area contributed by atoms with E-state index in [9.17, 15) is 14.4 Å². The van der Waals surface area contributed by atoms with E-state index in [1.54, 1.807) is 11.0 Å². The molecule has 0 aliphatic carbocycles. The summed E-state index contributed by atoms with van der Waals surface area (Å²) in [6.07, 6.45) is 5.35. The van der Waals surface area contributed by atoms with Crippen LogP contribution in [0.2, 0.25) is 0 Å². The average molecular weight is 413 g/mol. The minimum atomic E-state index is -0.482. The van der Waals surface area contributed by atoms with Crippen LogP contribution in [-0.4, -0.2) is 43.9 Å². The second-order valence-corrected chi connectivity index (χ2v) is 7.52. The molecule has 1 aliphatic rings. The number of carbonyl (C=O) groups excluding carboxylic acids is 3. The first-order valence-electron chi connectivity index (χ1n) is 10.4. The molecule has 1 aromatic carbocycles. The Morgan fingerprint density at radius 3 is 2.20 bits per heavy atom. The van der Waals surface area contributed by atoms with Gasteiger partial charge in [0.1, 0.15) is 6.54 Å². The second-order valence-electron chi connectivity index (χ2n) is 7.52. The first kappa shape index (κ1) is 21.6. The number of piperidine rings is 1. The summed E-state index contributed by atoms with van der Waals surface area (Å²) in [4.78, 5) is 37.0. The van der Waals surface area contributed by atoms with Gasteiger partial charge >= 0.3 is 0 Å². The largest absolute Gasteiger partial charge is 0.459 e. The van der Waals surface area contributed by atoms with E-state index in [1.165, 1.54) is 50.2 Å². The summed E-state index contributed by atoms with van der Waals surface area (Å²) < 4.78 is 4.94. The van der Waals surface area contributed by atoms with Gasteiger partial charge in [-0.2, -0.15) is 0 Å². The minimum absolute atomic E-state index is 0.129. The highest BCUT2D eigenvalue weighted by Crippen LogP contribution is 2.04. The van der Waals surface area contributed by atoms with Crippen LogP contribution in [0.3, 0.4) is 0 Å². The fourth-order valence-corrected chi connectivity index (χ4v) is 3.45. The predicted molar refractivity (Wildman–Crippen MR) is 111 cm³/mol. The lowest BCUT2D eigenvalue weighted by atomic mass is 10.1. The van der Waals surface area contributed by atoms with Crippen molar-refractivity contribution in [3.63, 3.8) is 0 Å². The lowest BCUT2D eigenvalue weighted by molar-refractivity contribution is -0.918. The van der Waals surface area contributed by atoms with E-state index in [0.717, 1.165) is 12.1 Å². The van der Waals surface area contributed by atoms with Crippen LogP contribution in [0.15, 0.2) is 47.1 Å². The van der Waals surface area contributed by atoms with E-state index in [0.29, 0.717) is 6.54 Å². The molecule has 0 bridgehead atoms. The molecular weight excluding hydrogens is 384 g/mol. The third kappa shape index (κ3) is 7.04. The zero-order valence-corrected chi connectivity index (χ0v) is 17.0. The van der Waals surface area contributed by atoms with E-state index in [2.05, 4.69) is 28.1 Å². The number of quaternary nitrogens is 1. The summed E-state index contributed by atoms with van der Waals surface area (Å²) in [6.45, 7) is 3.57. The number of benzene rings is 1. The van der Waals surface area contributed by atoms with Crippen LogP contribution < -0.4 is 20.9 Å². The fourth-order valence-electron chi connectivity index (χ4n) is 3.45. The summed E-state index contributed by atoms with van der Waals surface area (Å²) in [7, 11) is 0. The molecule has 2 aromatic rings. The summed E-state index contributed by atoms with van der Waals surface area (Å²) in [5, 5.41) is 7.68. The third-order valence-corrected chi connectivity index (χ3v) is 5.13. The van der Waals surface area contributed by atoms with Crippen LogP contribution in [0, 0.1) is 0 Å². The molecule has 3 rings (SSSR count). The van der Waals surface area contributed by atoms with E-state index >= 15 is 0 Å². The monoisotopic (exact) mass is 413 g/mol. The van der Waals surface area contributed by atoms with Gasteiger partial charge in [-0.05, 0) is 37.0 Å². The van der Waals surface area contributed by atoms with Gasteiger partial charge < -0.3 is 25.3 Å². The number of furan rings is 1. The number of nitrogens with one attached hydrogen (secondary N) is 4. The van der Waals surface area contributed by atoms with Gasteiger partial charge in [-0.1, -0.05) is 24.3 Å². The lowest BCUT2D eigenvalue weighted by Gasteiger charge is -2.23. The van der Waals surface area contributed by atoms with Crippen LogP contribution in [0.25, 0.3) is 0 Å². The molecular formula is C22H29N4O4+. The molecule has 1 fully saturated rings. The Bertz CT molecular complexity index is 827. The van der Waals surface area contributed by atoms with Crippen molar-refractivity contribution in [3.05, 3.63) is 59.5 Å². The quantitative estimate of drug-likeness (QED) is 0.465. The van der Waals surface area contributed by atoms with Crippen LogP contribution in [0.5, 0.6) is 0 Å². The number of likely N-dealkylation sites (tertiary alicyclic amines) is 1. The predicted octanol–water partition coefficient (Wildman–Crippen LogP) is 0.0108. The molecule has 1 saturated heterocycles. The van der Waals surface area contributed by atoms with Crippen molar-refractivity contribution in [1.29, 1.82) is 0 Å². The van der Waals surface area contributed by atoms with Crippen molar-refractivity contribution in [2.24, 2.45) is 0 Å². The summed E-state index contributed by atoms with van der Waals surface area (Å²) in [5.41, 5.74) is 2.32. The maximum Gasteiger partial charge on any atom is 0.287 e. The van der Waals surface area contributed by atoms with E-state index in [1.807, 2.05) is 12.1 Å². The van der Waals surface area contributed by atoms with Gasteiger partial charge in [0, 0.05) is 12.1 Å². The maximum absolute atomic E-state index is 11.9. The molecule has 3 amide bonds. The fraction of sp³-hybridized carbons (Fsp3) is 0.409. The molecule has 1 aromatic heterocycles. The average Bonchev–Trinajstić information content (AvgIpc) is 3.31. The minimum Gasteiger partial charge on any atom is -0.459 e. The van der Waals surface area contributed by atoms with Crippen molar-refractivity contribution >= 4 is 17.7 Å². The second kappa shape index (κ2) is 11.2. The Kier molecular flexibility index (Phi) is 8.02. The smallest absolute Gasteiger partial charge is 0.287 e. The molecule has 8 nitrogen and oxygen atoms in total. The first-order chi connectivity index (χ1) is 14.6. The molecule has 0 saturated carbocycles. The number of rotatable bonds is 9. The maximum atomic E-state index is 11.9. The molecule has 0 atom stereocenters. The van der Waals surface area contributed by atoms with Gasteiger partial charge in [0.25, 0.3) is 5.91 Å². The molecule has 1 aliphatic heterocycles. The Balaban J connectivity index is 1.31. The van der Waals surface area contributed by atoms with Crippen molar-refractivity contribution < 1.29 is 23.7 Å². The first-order valence-corrected chi connectivity index (χ1v) is 10.4. The highest BCUT2D eigenvalue weighted by atomic mass is 16.3. The molecule has 0 spiro atoms. The highest BCUT2D eigenvalue weighted by molar-refractivity contribution is 5.94. The molecule has 4 N–H and O–H groups in total. The van der Waals surface area contributed by atoms with Crippen molar-refractivity contribution in [2.45, 2.75) is 32.4 Å². The molecule has 2 heterocycles. The Morgan fingerprint density at radius 2 is 1.50 bits per heavy atom. The van der Waals surface area contributed by atoms with Crippen molar-refractivity contribution in [1.82, 2.24) is 16.0 Å². The number of carbonyl (C=O) groups is 3. The van der Waals surface area contributed by atoms with Gasteiger partial charge in [-0.15, -0.1) is 0 Å². The molecule has 8 heteroatoms. The topological polar surface area (TPSA) is 105 Å². The standard InChI is InChI=1S/C22H28N4O4/c27-20(14-24-21(28)15-25-22(29)19-5-4-12-30-19)23-13-17-6-8-18(9-7-17)16-26-10-2-1-3-11-26/h4-9,12H,1-3,10-11,13-16H2,(H,23,27)(H,24,28)(H,25,29)/p+1. The zero-order valence-electron chi connectivity index (χ0n) is 17.0. The van der Waals surface area contributed by atoms with Crippen LogP contribution in [0.4, 0.5) is 0 Å². The van der Waals surface area contributed by atoms with E-state index in [4.69, 9.17) is 4.42 Å². The molecule has 30 heavy (non-hydrogen) atoms. The van der Waals surface area contributed by atoms with Crippen molar-refractivity contribution in [3.8, 4) is 0 Å². The Morgan fingerprint density at radius 1 is 0.833 bits per heavy atom. The normalized spacial score (nSPS) is 14.1. The summed E-state index contributed by atoms with van der Waals surface area (Å²) in [6, 6.07) is 11.4.